The van der Waals surface area contributed by atoms with Crippen LogP contribution in [-0.4, -0.2) is 0 Å². The Morgan fingerprint density at radius 3 is 1.44 bits per heavy atom. The van der Waals surface area contributed by atoms with Gasteiger partial charge < -0.3 is 0 Å². The molecule has 0 unspecified atom stereocenters. The molecule has 0 amide bonds. The Labute approximate surface area is 104 Å². The summed E-state index contributed by atoms with van der Waals surface area (Å²) in [6.07, 6.45) is 13.4. The van der Waals surface area contributed by atoms with Crippen LogP contribution in [-0.2, 0) is 0 Å². The first-order chi connectivity index (χ1) is 7.66. The molecule has 16 heavy (non-hydrogen) atoms. The average molecular weight is 222 g/mol. The molecule has 0 nitrogen and oxygen atoms in total. The minimum Gasteiger partial charge on any atom is -0.103 e. The van der Waals surface area contributed by atoms with E-state index in [1.165, 1.54) is 6.08 Å². The second-order valence-electron chi connectivity index (χ2n) is 2.53. The lowest BCUT2D eigenvalue weighted by Crippen LogP contribution is -1.43. The molecule has 0 aliphatic heterocycles. The molecule has 0 heterocycles. The highest BCUT2D eigenvalue weighted by Gasteiger charge is 1.56. The van der Waals surface area contributed by atoms with Crippen LogP contribution in [0.3, 0.4) is 0 Å². The fourth-order valence-corrected chi connectivity index (χ4v) is 0.236. The molecule has 0 aromatic carbocycles. The third-order valence-electron chi connectivity index (χ3n) is 0.996. The van der Waals surface area contributed by atoms with Crippen LogP contribution in [0.15, 0.2) is 50.1 Å². The number of rotatable bonds is 3. The van der Waals surface area contributed by atoms with Gasteiger partial charge >= 0.3 is 0 Å². The van der Waals surface area contributed by atoms with Crippen molar-refractivity contribution in [1.82, 2.24) is 0 Å². The van der Waals surface area contributed by atoms with E-state index in [1.807, 2.05) is 26.3 Å². The summed E-state index contributed by atoms with van der Waals surface area (Å²) in [5, 5.41) is 0. The molecule has 0 atom stereocenters. The van der Waals surface area contributed by atoms with Crippen LogP contribution in [0.1, 0.15) is 40.5 Å². The molecule has 0 aliphatic rings. The Hall–Kier alpha value is -1.30. The molecule has 0 spiro atoms. The van der Waals surface area contributed by atoms with Crippen LogP contribution in [0.5, 0.6) is 0 Å². The van der Waals surface area contributed by atoms with E-state index in [0.717, 1.165) is 12.8 Å². The van der Waals surface area contributed by atoms with Crippen LogP contribution in [0, 0.1) is 13.3 Å². The van der Waals surface area contributed by atoms with Crippen molar-refractivity contribution >= 4 is 0 Å². The number of hydrogen-bond acceptors (Lipinski definition) is 0. The molecule has 0 fully saturated rings. The van der Waals surface area contributed by atoms with Gasteiger partial charge in [-0.05, 0) is 19.8 Å². The van der Waals surface area contributed by atoms with Crippen molar-refractivity contribution in [3.8, 4) is 0 Å². The highest BCUT2D eigenvalue weighted by Crippen LogP contribution is 1.73. The monoisotopic (exact) mass is 222 g/mol. The normalized spacial score (nSPS) is 6.75. The van der Waals surface area contributed by atoms with E-state index in [-0.39, 0.29) is 0 Å². The van der Waals surface area contributed by atoms with Crippen molar-refractivity contribution in [2.75, 3.05) is 0 Å². The molecule has 0 radical (unpaired) electrons. The van der Waals surface area contributed by atoms with E-state index in [9.17, 15) is 0 Å². The third kappa shape index (κ3) is 238. The Balaban J connectivity index is -0.0000000610. The van der Waals surface area contributed by atoms with Crippen LogP contribution in [0.4, 0.5) is 0 Å². The molecule has 0 rings (SSSR count). The van der Waals surface area contributed by atoms with Crippen molar-refractivity contribution in [3.63, 3.8) is 0 Å². The van der Waals surface area contributed by atoms with Gasteiger partial charge in [0.15, 0.2) is 0 Å². The van der Waals surface area contributed by atoms with Crippen molar-refractivity contribution in [2.24, 2.45) is 0 Å². The lowest BCUT2D eigenvalue weighted by molar-refractivity contribution is 1.22. The van der Waals surface area contributed by atoms with Gasteiger partial charge in [-0.3, -0.25) is 0 Å². The lowest BCUT2D eigenvalue weighted by Gasteiger charge is -1.65. The Bertz CT molecular complexity index is 121. The zero-order chi connectivity index (χ0) is 13.7. The predicted octanol–water partition coefficient (Wildman–Crippen LogP) is 5.96. The van der Waals surface area contributed by atoms with Gasteiger partial charge in [0.05, 0.1) is 12.2 Å². The molecule has 0 aliphatic carbocycles. The van der Waals surface area contributed by atoms with E-state index >= 15 is 0 Å². The first-order valence-electron chi connectivity index (χ1n) is 5.69. The van der Waals surface area contributed by atoms with Gasteiger partial charge in [0.1, 0.15) is 0 Å². The number of hydrogen-bond donors (Lipinski definition) is 0. The fraction of sp³-hybridized carbons (Fsp3) is 0.375. The maximum absolute atomic E-state index is 3.48. The van der Waals surface area contributed by atoms with Crippen LogP contribution in [0.2, 0.25) is 0 Å². The van der Waals surface area contributed by atoms with Crippen molar-refractivity contribution in [2.45, 2.75) is 40.5 Å². The SMILES string of the molecule is C/C=C/CC.C=CCC.C=C[CH+]C.C=C[CH2+]. The molecule has 0 aromatic rings. The summed E-state index contributed by atoms with van der Waals surface area (Å²) in [6.45, 7) is 21.6. The van der Waals surface area contributed by atoms with E-state index in [4.69, 9.17) is 0 Å². The molecule has 0 heteroatoms. The molecular weight excluding hydrogens is 192 g/mol. The van der Waals surface area contributed by atoms with Gasteiger partial charge in [0.2, 0.25) is 0 Å². The second kappa shape index (κ2) is 49.2. The first-order valence-corrected chi connectivity index (χ1v) is 5.69. The number of allylic oxidation sites excluding steroid dienone is 5. The standard InChI is InChI=1S/C5H10.C4H8.C4H7.C3H5/c1-3-5-4-2;2*1-3-4-2;1-3-2/h3,5H,4H2,1-2H3;3H,1,4H2,2H3;3-4H,1H2,2H3;3H,1-2H2/q;;2*+1/b5-3+;;;. The maximum Gasteiger partial charge on any atom is 0.0861 e. The van der Waals surface area contributed by atoms with Crippen molar-refractivity contribution in [1.29, 1.82) is 0 Å². The molecule has 0 bridgehead atoms. The molecular formula is C16H30+2. The van der Waals surface area contributed by atoms with E-state index in [0.29, 0.717) is 0 Å². The summed E-state index contributed by atoms with van der Waals surface area (Å²) in [5.41, 5.74) is 0. The summed E-state index contributed by atoms with van der Waals surface area (Å²) in [4.78, 5) is 0. The highest BCUT2D eigenvalue weighted by atomic mass is 13.6. The van der Waals surface area contributed by atoms with Crippen LogP contribution in [0.25, 0.3) is 0 Å². The quantitative estimate of drug-likeness (QED) is 0.408. The Morgan fingerprint density at radius 1 is 1.12 bits per heavy atom. The summed E-state index contributed by atoms with van der Waals surface area (Å²) in [7, 11) is 0. The summed E-state index contributed by atoms with van der Waals surface area (Å²) in [5.74, 6) is 0. The minimum absolute atomic E-state index is 1.08. The van der Waals surface area contributed by atoms with Gasteiger partial charge in [0, 0.05) is 33.4 Å². The van der Waals surface area contributed by atoms with Crippen molar-refractivity contribution in [3.05, 3.63) is 63.5 Å². The van der Waals surface area contributed by atoms with Gasteiger partial charge in [-0.25, -0.2) is 0 Å². The highest BCUT2D eigenvalue weighted by molar-refractivity contribution is 4.80. The largest absolute Gasteiger partial charge is 0.103 e. The van der Waals surface area contributed by atoms with Gasteiger partial charge in [-0.15, -0.1) is 6.58 Å². The summed E-state index contributed by atoms with van der Waals surface area (Å²) < 4.78 is 0. The average Bonchev–Trinajstić information content (AvgIpc) is 2.32. The Kier molecular flexibility index (Phi) is 74.1. The molecule has 0 aromatic heterocycles. The first kappa shape index (κ1) is 24.1. The molecule has 92 valence electrons. The topological polar surface area (TPSA) is 0 Å². The van der Waals surface area contributed by atoms with Gasteiger partial charge in [-0.2, -0.15) is 0 Å². The third-order valence-corrected chi connectivity index (χ3v) is 0.996. The smallest absolute Gasteiger partial charge is 0.0861 e. The fourth-order valence-electron chi connectivity index (χ4n) is 0.236. The predicted molar refractivity (Wildman–Crippen MR) is 81.3 cm³/mol. The minimum atomic E-state index is 1.08. The zero-order valence-corrected chi connectivity index (χ0v) is 11.7. The summed E-state index contributed by atoms with van der Waals surface area (Å²) >= 11 is 0. The lowest BCUT2D eigenvalue weighted by atomic mass is 10.4. The van der Waals surface area contributed by atoms with E-state index in [1.54, 1.807) is 6.08 Å². The van der Waals surface area contributed by atoms with E-state index in [2.05, 4.69) is 52.7 Å². The van der Waals surface area contributed by atoms with Crippen molar-refractivity contribution < 1.29 is 0 Å². The zero-order valence-electron chi connectivity index (χ0n) is 11.7. The van der Waals surface area contributed by atoms with Crippen LogP contribution >= 0.6 is 0 Å². The summed E-state index contributed by atoms with van der Waals surface area (Å²) in [6, 6.07) is 0. The van der Waals surface area contributed by atoms with E-state index < -0.39 is 0 Å². The Morgan fingerprint density at radius 2 is 1.44 bits per heavy atom. The second-order valence-corrected chi connectivity index (χ2v) is 2.53. The molecule has 0 N–H and O–H groups in total. The van der Waals surface area contributed by atoms with Gasteiger partial charge in [0.25, 0.3) is 0 Å². The molecule has 0 saturated carbocycles. The van der Waals surface area contributed by atoms with Crippen LogP contribution < -0.4 is 0 Å². The van der Waals surface area contributed by atoms with Gasteiger partial charge in [-0.1, -0.05) is 32.1 Å². The maximum atomic E-state index is 3.48. The molecule has 0 saturated heterocycles.